The molecule has 0 radical (unpaired) electrons. The molecule has 0 aliphatic rings. The molecule has 6 heteroatoms. The van der Waals surface area contributed by atoms with Crippen molar-refractivity contribution < 1.29 is 13.0 Å². The molecule has 80 valence electrons. The van der Waals surface area contributed by atoms with E-state index in [1.165, 1.54) is 24.3 Å². The van der Waals surface area contributed by atoms with Crippen molar-refractivity contribution in [1.82, 2.24) is 0 Å². The van der Waals surface area contributed by atoms with E-state index in [-0.39, 0.29) is 4.90 Å². The van der Waals surface area contributed by atoms with Crippen molar-refractivity contribution >= 4 is 15.8 Å². The molecular formula is C9H10N2O3S. The molecule has 1 aromatic rings. The number of rotatable bonds is 4. The molecule has 0 bridgehead atoms. The van der Waals surface area contributed by atoms with Gasteiger partial charge in [-0.25, -0.2) is 0 Å². The van der Waals surface area contributed by atoms with Crippen LogP contribution in [0.2, 0.25) is 0 Å². The first-order chi connectivity index (χ1) is 7.04. The van der Waals surface area contributed by atoms with Crippen LogP contribution in [0.1, 0.15) is 6.42 Å². The zero-order valence-corrected chi connectivity index (χ0v) is 8.66. The molecule has 0 aliphatic heterocycles. The first-order valence-electron chi connectivity index (χ1n) is 4.22. The minimum absolute atomic E-state index is 0.145. The van der Waals surface area contributed by atoms with E-state index in [2.05, 4.69) is 5.32 Å². The van der Waals surface area contributed by atoms with Crippen LogP contribution < -0.4 is 5.32 Å². The Hall–Kier alpha value is -1.58. The number of nitriles is 1. The fraction of sp³-hybridized carbons (Fsp3) is 0.222. The molecule has 0 aliphatic carbocycles. The van der Waals surface area contributed by atoms with Gasteiger partial charge in [-0.05, 0) is 24.3 Å². The molecule has 5 nitrogen and oxygen atoms in total. The standard InChI is InChI=1S/C9H10N2O3S/c10-6-1-7-11-8-2-4-9(5-3-8)15(12,13)14/h2-5,11H,1,7H2,(H,12,13,14). The van der Waals surface area contributed by atoms with E-state index in [1.54, 1.807) is 0 Å². The van der Waals surface area contributed by atoms with Crippen LogP contribution in [0.25, 0.3) is 0 Å². The van der Waals surface area contributed by atoms with Crippen LogP contribution in [0, 0.1) is 11.3 Å². The fourth-order valence-electron chi connectivity index (χ4n) is 1.01. The average molecular weight is 226 g/mol. The van der Waals surface area contributed by atoms with Crippen molar-refractivity contribution in [2.24, 2.45) is 0 Å². The molecular weight excluding hydrogens is 216 g/mol. The highest BCUT2D eigenvalue weighted by atomic mass is 32.2. The van der Waals surface area contributed by atoms with Crippen LogP contribution in [0.5, 0.6) is 0 Å². The molecule has 0 aromatic heterocycles. The lowest BCUT2D eigenvalue weighted by molar-refractivity contribution is 0.483. The monoisotopic (exact) mass is 226 g/mol. The average Bonchev–Trinajstić information content (AvgIpc) is 2.18. The minimum Gasteiger partial charge on any atom is -0.384 e. The zero-order chi connectivity index (χ0) is 11.3. The Kier molecular flexibility index (Phi) is 3.66. The summed E-state index contributed by atoms with van der Waals surface area (Å²) in [4.78, 5) is -0.145. The molecule has 0 heterocycles. The highest BCUT2D eigenvalue weighted by Crippen LogP contribution is 2.13. The van der Waals surface area contributed by atoms with Crippen LogP contribution in [-0.4, -0.2) is 19.5 Å². The van der Waals surface area contributed by atoms with Crippen LogP contribution in [0.3, 0.4) is 0 Å². The summed E-state index contributed by atoms with van der Waals surface area (Å²) >= 11 is 0. The summed E-state index contributed by atoms with van der Waals surface area (Å²) in [6, 6.07) is 7.62. The molecule has 1 aromatic carbocycles. The highest BCUT2D eigenvalue weighted by Gasteiger charge is 2.07. The molecule has 0 saturated carbocycles. The molecule has 2 N–H and O–H groups in total. The van der Waals surface area contributed by atoms with E-state index in [0.29, 0.717) is 18.7 Å². The quantitative estimate of drug-likeness (QED) is 0.595. The third-order valence-corrected chi connectivity index (χ3v) is 2.59. The summed E-state index contributed by atoms with van der Waals surface area (Å²) < 4.78 is 30.1. The van der Waals surface area contributed by atoms with Gasteiger partial charge in [-0.3, -0.25) is 4.55 Å². The maximum atomic E-state index is 10.7. The third kappa shape index (κ3) is 3.58. The van der Waals surface area contributed by atoms with Crippen molar-refractivity contribution in [1.29, 1.82) is 5.26 Å². The third-order valence-electron chi connectivity index (χ3n) is 1.72. The molecule has 0 unspecified atom stereocenters. The van der Waals surface area contributed by atoms with Crippen molar-refractivity contribution in [3.8, 4) is 6.07 Å². The Bertz CT molecular complexity index is 459. The Morgan fingerprint density at radius 3 is 2.40 bits per heavy atom. The van der Waals surface area contributed by atoms with Gasteiger partial charge in [-0.2, -0.15) is 13.7 Å². The molecule has 0 amide bonds. The summed E-state index contributed by atoms with van der Waals surface area (Å²) in [6.45, 7) is 0.502. The van der Waals surface area contributed by atoms with E-state index >= 15 is 0 Å². The van der Waals surface area contributed by atoms with Crippen LogP contribution in [0.15, 0.2) is 29.2 Å². The number of hydrogen-bond donors (Lipinski definition) is 2. The molecule has 1 rings (SSSR count). The fourth-order valence-corrected chi connectivity index (χ4v) is 1.49. The lowest BCUT2D eigenvalue weighted by atomic mass is 10.3. The Morgan fingerprint density at radius 1 is 1.33 bits per heavy atom. The van der Waals surface area contributed by atoms with Gasteiger partial charge >= 0.3 is 0 Å². The van der Waals surface area contributed by atoms with Gasteiger partial charge in [0, 0.05) is 12.2 Å². The Balaban J connectivity index is 2.70. The summed E-state index contributed by atoms with van der Waals surface area (Å²) in [5, 5.41) is 11.2. The Labute approximate surface area is 88.1 Å². The van der Waals surface area contributed by atoms with E-state index < -0.39 is 10.1 Å². The molecule has 0 saturated heterocycles. The maximum absolute atomic E-state index is 10.7. The van der Waals surface area contributed by atoms with Gasteiger partial charge in [0.2, 0.25) is 0 Å². The number of benzene rings is 1. The SMILES string of the molecule is N#CCCNc1ccc(S(=O)(=O)O)cc1. The van der Waals surface area contributed by atoms with Crippen molar-refractivity contribution in [2.75, 3.05) is 11.9 Å². The van der Waals surface area contributed by atoms with Crippen molar-refractivity contribution in [3.05, 3.63) is 24.3 Å². The van der Waals surface area contributed by atoms with E-state index in [9.17, 15) is 8.42 Å². The second kappa shape index (κ2) is 4.77. The number of hydrogen-bond acceptors (Lipinski definition) is 4. The lowest BCUT2D eigenvalue weighted by Crippen LogP contribution is -2.01. The van der Waals surface area contributed by atoms with Gasteiger partial charge in [-0.15, -0.1) is 0 Å². The topological polar surface area (TPSA) is 90.2 Å². The zero-order valence-electron chi connectivity index (χ0n) is 7.84. The van der Waals surface area contributed by atoms with Crippen LogP contribution >= 0.6 is 0 Å². The van der Waals surface area contributed by atoms with Crippen molar-refractivity contribution in [2.45, 2.75) is 11.3 Å². The maximum Gasteiger partial charge on any atom is 0.294 e. The predicted octanol–water partition coefficient (Wildman–Crippen LogP) is 1.26. The van der Waals surface area contributed by atoms with Gasteiger partial charge in [0.25, 0.3) is 10.1 Å². The first kappa shape index (κ1) is 11.5. The summed E-state index contributed by atoms with van der Waals surface area (Å²) in [7, 11) is -4.12. The molecule has 0 fully saturated rings. The minimum atomic E-state index is -4.12. The molecule has 0 atom stereocenters. The van der Waals surface area contributed by atoms with E-state index in [1.807, 2.05) is 6.07 Å². The van der Waals surface area contributed by atoms with Gasteiger partial charge in [0.15, 0.2) is 0 Å². The van der Waals surface area contributed by atoms with Crippen molar-refractivity contribution in [3.63, 3.8) is 0 Å². The van der Waals surface area contributed by atoms with E-state index in [4.69, 9.17) is 9.81 Å². The van der Waals surface area contributed by atoms with Gasteiger partial charge in [0.05, 0.1) is 17.4 Å². The predicted molar refractivity (Wildman–Crippen MR) is 55.0 cm³/mol. The second-order valence-corrected chi connectivity index (χ2v) is 4.26. The largest absolute Gasteiger partial charge is 0.384 e. The van der Waals surface area contributed by atoms with Gasteiger partial charge < -0.3 is 5.32 Å². The summed E-state index contributed by atoms with van der Waals surface area (Å²) in [6.07, 6.45) is 0.375. The number of nitrogens with one attached hydrogen (secondary N) is 1. The molecule has 15 heavy (non-hydrogen) atoms. The molecule has 0 spiro atoms. The smallest absolute Gasteiger partial charge is 0.294 e. The highest BCUT2D eigenvalue weighted by molar-refractivity contribution is 7.85. The van der Waals surface area contributed by atoms with E-state index in [0.717, 1.165) is 0 Å². The number of anilines is 1. The summed E-state index contributed by atoms with van der Waals surface area (Å²) in [5.41, 5.74) is 0.706. The Morgan fingerprint density at radius 2 is 1.93 bits per heavy atom. The summed E-state index contributed by atoms with van der Waals surface area (Å²) in [5.74, 6) is 0. The number of nitrogens with zero attached hydrogens (tertiary/aromatic N) is 1. The lowest BCUT2D eigenvalue weighted by Gasteiger charge is -2.03. The van der Waals surface area contributed by atoms with Crippen LogP contribution in [-0.2, 0) is 10.1 Å². The van der Waals surface area contributed by atoms with Gasteiger partial charge in [0.1, 0.15) is 0 Å². The second-order valence-electron chi connectivity index (χ2n) is 2.83. The van der Waals surface area contributed by atoms with Gasteiger partial charge in [-0.1, -0.05) is 0 Å². The normalized spacial score (nSPS) is 10.7. The van der Waals surface area contributed by atoms with Crippen LogP contribution in [0.4, 0.5) is 5.69 Å². The first-order valence-corrected chi connectivity index (χ1v) is 5.66.